The Morgan fingerprint density at radius 2 is 1.86 bits per heavy atom. The van der Waals surface area contributed by atoms with Crippen LogP contribution in [0.2, 0.25) is 10.0 Å². The molecule has 0 spiro atoms. The van der Waals surface area contributed by atoms with Crippen LogP contribution in [-0.2, 0) is 6.42 Å². The van der Waals surface area contributed by atoms with E-state index >= 15 is 0 Å². The molecule has 0 fully saturated rings. The first-order valence-electron chi connectivity index (χ1n) is 9.16. The van der Waals surface area contributed by atoms with E-state index in [0.717, 1.165) is 48.6 Å². The molecule has 0 aliphatic carbocycles. The Balaban J connectivity index is 1.92. The highest BCUT2D eigenvalue weighted by atomic mass is 35.5. The first-order valence-corrected chi connectivity index (χ1v) is 9.92. The highest BCUT2D eigenvalue weighted by Crippen LogP contribution is 2.39. The molecule has 2 heterocycles. The molecule has 0 bridgehead atoms. The summed E-state index contributed by atoms with van der Waals surface area (Å²) in [6.45, 7) is 0.891. The molecule has 1 aliphatic heterocycles. The van der Waals surface area contributed by atoms with Crippen molar-refractivity contribution in [3.8, 4) is 28.4 Å². The van der Waals surface area contributed by atoms with Crippen molar-refractivity contribution in [2.24, 2.45) is 0 Å². The summed E-state index contributed by atoms with van der Waals surface area (Å²) < 4.78 is 12.7. The van der Waals surface area contributed by atoms with E-state index in [9.17, 15) is 0 Å². The Bertz CT molecular complexity index is 1020. The fourth-order valence-electron chi connectivity index (χ4n) is 3.55. The van der Waals surface area contributed by atoms with Crippen LogP contribution in [0.25, 0.3) is 16.9 Å². The Kier molecular flexibility index (Phi) is 5.38. The van der Waals surface area contributed by atoms with Crippen LogP contribution in [0, 0.1) is 0 Å². The van der Waals surface area contributed by atoms with Crippen LogP contribution in [0.1, 0.15) is 18.4 Å². The third-order valence-electron chi connectivity index (χ3n) is 4.95. The third-order valence-corrected chi connectivity index (χ3v) is 5.75. The van der Waals surface area contributed by atoms with Crippen molar-refractivity contribution in [1.29, 1.82) is 0 Å². The highest BCUT2D eigenvalue weighted by Gasteiger charge is 2.23. The number of rotatable bonds is 4. The average Bonchev–Trinajstić information content (AvgIpc) is 2.90. The number of hydrogen-bond donors (Lipinski definition) is 1. The van der Waals surface area contributed by atoms with Crippen LogP contribution >= 0.6 is 23.2 Å². The molecule has 1 aliphatic rings. The van der Waals surface area contributed by atoms with Gasteiger partial charge in [0.1, 0.15) is 5.82 Å². The van der Waals surface area contributed by atoms with Gasteiger partial charge in [0.05, 0.1) is 35.6 Å². The Morgan fingerprint density at radius 1 is 1.04 bits per heavy atom. The number of benzene rings is 2. The van der Waals surface area contributed by atoms with Crippen molar-refractivity contribution in [2.75, 3.05) is 26.1 Å². The van der Waals surface area contributed by atoms with Gasteiger partial charge in [-0.3, -0.25) is 0 Å². The fourth-order valence-corrected chi connectivity index (χ4v) is 3.92. The van der Waals surface area contributed by atoms with Gasteiger partial charge in [-0.25, -0.2) is 4.68 Å². The molecule has 1 aromatic heterocycles. The van der Waals surface area contributed by atoms with Crippen LogP contribution in [0.5, 0.6) is 11.5 Å². The summed E-state index contributed by atoms with van der Waals surface area (Å²) >= 11 is 12.7. The molecular weight excluding hydrogens is 397 g/mol. The quantitative estimate of drug-likeness (QED) is 0.598. The molecule has 1 N–H and O–H groups in total. The maximum absolute atomic E-state index is 6.50. The molecular formula is C21H21Cl2N3O2. The Labute approximate surface area is 174 Å². The molecule has 0 saturated carbocycles. The van der Waals surface area contributed by atoms with Gasteiger partial charge in [-0.15, -0.1) is 0 Å². The minimum atomic E-state index is 0.486. The van der Waals surface area contributed by atoms with E-state index in [4.69, 9.17) is 37.8 Å². The number of methoxy groups -OCH3 is 2. The first kappa shape index (κ1) is 19.0. The molecule has 3 aromatic rings. The van der Waals surface area contributed by atoms with E-state index in [2.05, 4.69) is 5.32 Å². The summed E-state index contributed by atoms with van der Waals surface area (Å²) in [6.07, 6.45) is 3.13. The molecule has 5 nitrogen and oxygen atoms in total. The van der Waals surface area contributed by atoms with Crippen LogP contribution < -0.4 is 14.8 Å². The fraction of sp³-hybridized carbons (Fsp3) is 0.286. The number of halogens is 2. The second-order valence-corrected chi connectivity index (χ2v) is 7.40. The zero-order valence-electron chi connectivity index (χ0n) is 15.8. The van der Waals surface area contributed by atoms with Crippen LogP contribution in [0.3, 0.4) is 0 Å². The molecule has 2 aromatic carbocycles. The number of fused-ring (bicyclic) bond motifs is 1. The number of aromatic nitrogens is 2. The predicted octanol–water partition coefficient (Wildman–Crippen LogP) is 5.61. The van der Waals surface area contributed by atoms with E-state index in [1.54, 1.807) is 20.3 Å². The third kappa shape index (κ3) is 3.29. The van der Waals surface area contributed by atoms with Gasteiger partial charge in [0.25, 0.3) is 0 Å². The minimum Gasteiger partial charge on any atom is -0.493 e. The summed E-state index contributed by atoms with van der Waals surface area (Å²) in [5, 5.41) is 9.43. The summed E-state index contributed by atoms with van der Waals surface area (Å²) in [6, 6.07) is 11.4. The van der Waals surface area contributed by atoms with Gasteiger partial charge in [0, 0.05) is 17.7 Å². The van der Waals surface area contributed by atoms with Crippen molar-refractivity contribution >= 4 is 29.0 Å². The molecule has 0 atom stereocenters. The summed E-state index contributed by atoms with van der Waals surface area (Å²) in [7, 11) is 3.26. The molecule has 0 saturated heterocycles. The molecule has 7 heteroatoms. The van der Waals surface area contributed by atoms with Crippen molar-refractivity contribution in [3.05, 3.63) is 52.0 Å². The van der Waals surface area contributed by atoms with Crippen molar-refractivity contribution in [2.45, 2.75) is 19.3 Å². The van der Waals surface area contributed by atoms with E-state index < -0.39 is 0 Å². The zero-order valence-corrected chi connectivity index (χ0v) is 17.3. The number of anilines is 1. The van der Waals surface area contributed by atoms with Crippen LogP contribution in [0.15, 0.2) is 36.4 Å². The topological polar surface area (TPSA) is 48.3 Å². The van der Waals surface area contributed by atoms with E-state index in [-0.39, 0.29) is 0 Å². The second-order valence-electron chi connectivity index (χ2n) is 6.61. The lowest BCUT2D eigenvalue weighted by atomic mass is 10.0. The van der Waals surface area contributed by atoms with Crippen LogP contribution in [-0.4, -0.2) is 30.5 Å². The standard InChI is InChI=1S/C21H21Cl2N3O2/c1-27-17-10-9-13(12-18(17)28-2)20-14-6-3-4-11-24-21(14)26(25-20)16-8-5-7-15(22)19(16)23/h5,7-10,12,24H,3-4,6,11H2,1-2H3. The van der Waals surface area contributed by atoms with Gasteiger partial charge in [-0.2, -0.15) is 5.10 Å². The number of nitrogens with zero attached hydrogens (tertiary/aromatic N) is 2. The van der Waals surface area contributed by atoms with E-state index in [0.29, 0.717) is 21.5 Å². The lowest BCUT2D eigenvalue weighted by molar-refractivity contribution is 0.355. The monoisotopic (exact) mass is 417 g/mol. The van der Waals surface area contributed by atoms with E-state index in [1.807, 2.05) is 35.0 Å². The van der Waals surface area contributed by atoms with Crippen molar-refractivity contribution in [1.82, 2.24) is 9.78 Å². The largest absolute Gasteiger partial charge is 0.493 e. The Morgan fingerprint density at radius 3 is 2.64 bits per heavy atom. The van der Waals surface area contributed by atoms with Crippen molar-refractivity contribution < 1.29 is 9.47 Å². The smallest absolute Gasteiger partial charge is 0.161 e. The maximum atomic E-state index is 6.50. The zero-order chi connectivity index (χ0) is 19.7. The van der Waals surface area contributed by atoms with Gasteiger partial charge in [-0.1, -0.05) is 29.3 Å². The van der Waals surface area contributed by atoms with Crippen LogP contribution in [0.4, 0.5) is 5.82 Å². The molecule has 4 rings (SSSR count). The maximum Gasteiger partial charge on any atom is 0.161 e. The number of hydrogen-bond acceptors (Lipinski definition) is 4. The summed E-state index contributed by atoms with van der Waals surface area (Å²) in [5.41, 5.74) is 3.79. The van der Waals surface area contributed by atoms with Crippen molar-refractivity contribution in [3.63, 3.8) is 0 Å². The van der Waals surface area contributed by atoms with Gasteiger partial charge >= 0.3 is 0 Å². The van der Waals surface area contributed by atoms with Gasteiger partial charge in [-0.05, 0) is 49.6 Å². The number of ether oxygens (including phenoxy) is 2. The lowest BCUT2D eigenvalue weighted by Gasteiger charge is -2.11. The minimum absolute atomic E-state index is 0.486. The SMILES string of the molecule is COc1ccc(-c2nn(-c3cccc(Cl)c3Cl)c3c2CCCCN3)cc1OC. The Hall–Kier alpha value is -2.37. The summed E-state index contributed by atoms with van der Waals surface area (Å²) in [4.78, 5) is 0. The first-order chi connectivity index (χ1) is 13.6. The average molecular weight is 418 g/mol. The number of nitrogens with one attached hydrogen (secondary N) is 1. The molecule has 28 heavy (non-hydrogen) atoms. The summed E-state index contributed by atoms with van der Waals surface area (Å²) in [5.74, 6) is 2.32. The highest BCUT2D eigenvalue weighted by molar-refractivity contribution is 6.43. The molecule has 0 unspecified atom stereocenters. The normalized spacial score (nSPS) is 13.4. The van der Waals surface area contributed by atoms with E-state index in [1.165, 1.54) is 5.56 Å². The van der Waals surface area contributed by atoms with Gasteiger partial charge in [0.15, 0.2) is 11.5 Å². The molecule has 0 amide bonds. The molecule has 146 valence electrons. The second kappa shape index (κ2) is 7.94. The van der Waals surface area contributed by atoms with Gasteiger partial charge in [0.2, 0.25) is 0 Å². The lowest BCUT2D eigenvalue weighted by Crippen LogP contribution is -2.07. The van der Waals surface area contributed by atoms with Gasteiger partial charge < -0.3 is 14.8 Å². The molecule has 0 radical (unpaired) electrons. The predicted molar refractivity (Wildman–Crippen MR) is 114 cm³/mol.